The minimum absolute atomic E-state index is 0.711. The van der Waals surface area contributed by atoms with Crippen molar-refractivity contribution in [2.45, 2.75) is 4.90 Å². The molecule has 0 N–H and O–H groups in total. The van der Waals surface area contributed by atoms with Crippen molar-refractivity contribution >= 4 is 26.7 Å². The van der Waals surface area contributed by atoms with Crippen LogP contribution in [-0.2, 0) is 10.8 Å². The molecule has 0 radical (unpaired) electrons. The zero-order valence-electron chi connectivity index (χ0n) is 6.83. The Labute approximate surface area is 82.5 Å². The van der Waals surface area contributed by atoms with Gasteiger partial charge in [-0.25, -0.2) is 0 Å². The zero-order chi connectivity index (χ0) is 9.14. The Morgan fingerprint density at radius 2 is 2.17 bits per heavy atom. The van der Waals surface area contributed by atoms with E-state index in [4.69, 9.17) is 4.74 Å². The number of methoxy groups -OCH3 is 1. The highest BCUT2D eigenvalue weighted by atomic mass is 79.9. The lowest BCUT2D eigenvalue weighted by Gasteiger charge is -2.03. The first kappa shape index (κ1) is 9.74. The molecule has 0 heterocycles. The second kappa shape index (κ2) is 4.05. The fraction of sp³-hybridized carbons (Fsp3) is 0.250. The van der Waals surface area contributed by atoms with E-state index < -0.39 is 10.8 Å². The molecule has 12 heavy (non-hydrogen) atoms. The Kier molecular flexibility index (Phi) is 3.29. The summed E-state index contributed by atoms with van der Waals surface area (Å²) in [6, 6.07) is 5.40. The van der Waals surface area contributed by atoms with Crippen molar-refractivity contribution in [3.8, 4) is 5.75 Å². The van der Waals surface area contributed by atoms with Gasteiger partial charge in [-0.1, -0.05) is 0 Å². The van der Waals surface area contributed by atoms with Crippen molar-refractivity contribution in [3.05, 3.63) is 22.7 Å². The SMILES string of the molecule is COc1cc([S@](C)=O)ccc1Br. The highest BCUT2D eigenvalue weighted by molar-refractivity contribution is 9.10. The van der Waals surface area contributed by atoms with Crippen LogP contribution < -0.4 is 4.74 Å². The summed E-state index contributed by atoms with van der Waals surface area (Å²) < 4.78 is 17.0. The highest BCUT2D eigenvalue weighted by Gasteiger charge is 2.03. The van der Waals surface area contributed by atoms with Crippen LogP contribution in [0.25, 0.3) is 0 Å². The topological polar surface area (TPSA) is 26.3 Å². The Hall–Kier alpha value is -0.350. The average Bonchev–Trinajstić information content (AvgIpc) is 2.05. The molecule has 0 spiro atoms. The maximum absolute atomic E-state index is 11.1. The molecule has 0 bridgehead atoms. The normalized spacial score (nSPS) is 12.6. The minimum Gasteiger partial charge on any atom is -0.496 e. The molecule has 0 aromatic heterocycles. The molecule has 0 amide bonds. The van der Waals surface area contributed by atoms with E-state index in [1.807, 2.05) is 12.1 Å². The number of halogens is 1. The fourth-order valence-electron chi connectivity index (χ4n) is 0.819. The Balaban J connectivity index is 3.13. The highest BCUT2D eigenvalue weighted by Crippen LogP contribution is 2.26. The van der Waals surface area contributed by atoms with Crippen LogP contribution >= 0.6 is 15.9 Å². The molecule has 0 unspecified atom stereocenters. The molecule has 0 aliphatic carbocycles. The number of benzene rings is 1. The standard InChI is InChI=1S/C8H9BrO2S/c1-11-8-5-6(12(2)10)3-4-7(8)9/h3-5H,1-2H3/t12-/m0/s1. The molecule has 4 heteroatoms. The van der Waals surface area contributed by atoms with E-state index in [0.29, 0.717) is 5.75 Å². The van der Waals surface area contributed by atoms with Gasteiger partial charge in [0, 0.05) is 22.0 Å². The van der Waals surface area contributed by atoms with E-state index in [1.54, 1.807) is 19.4 Å². The summed E-state index contributed by atoms with van der Waals surface area (Å²) in [4.78, 5) is 0.773. The van der Waals surface area contributed by atoms with Crippen molar-refractivity contribution in [1.29, 1.82) is 0 Å². The largest absolute Gasteiger partial charge is 0.496 e. The molecule has 1 rings (SSSR count). The van der Waals surface area contributed by atoms with Crippen LogP contribution in [-0.4, -0.2) is 17.6 Å². The average molecular weight is 249 g/mol. The Morgan fingerprint density at radius 1 is 1.50 bits per heavy atom. The van der Waals surface area contributed by atoms with E-state index >= 15 is 0 Å². The van der Waals surface area contributed by atoms with E-state index in [-0.39, 0.29) is 0 Å². The molecule has 0 aliphatic rings. The van der Waals surface area contributed by atoms with Crippen LogP contribution in [0.3, 0.4) is 0 Å². The number of rotatable bonds is 2. The monoisotopic (exact) mass is 248 g/mol. The predicted molar refractivity (Wildman–Crippen MR) is 53.0 cm³/mol. The van der Waals surface area contributed by atoms with Gasteiger partial charge in [-0.3, -0.25) is 4.21 Å². The van der Waals surface area contributed by atoms with Gasteiger partial charge in [0.05, 0.1) is 11.6 Å². The van der Waals surface area contributed by atoms with Gasteiger partial charge in [0.25, 0.3) is 0 Å². The van der Waals surface area contributed by atoms with Gasteiger partial charge in [0.2, 0.25) is 0 Å². The Morgan fingerprint density at radius 3 is 2.67 bits per heavy atom. The van der Waals surface area contributed by atoms with Gasteiger partial charge in [0.15, 0.2) is 0 Å². The molecule has 2 nitrogen and oxygen atoms in total. The van der Waals surface area contributed by atoms with Gasteiger partial charge < -0.3 is 4.74 Å². The number of ether oxygens (including phenoxy) is 1. The van der Waals surface area contributed by atoms with Crippen molar-refractivity contribution in [2.24, 2.45) is 0 Å². The van der Waals surface area contributed by atoms with Gasteiger partial charge in [-0.2, -0.15) is 0 Å². The molecule has 0 fully saturated rings. The molecular weight excluding hydrogens is 240 g/mol. The molecule has 0 saturated carbocycles. The summed E-state index contributed by atoms with van der Waals surface area (Å²) >= 11 is 3.32. The van der Waals surface area contributed by atoms with E-state index in [2.05, 4.69) is 15.9 Å². The molecule has 0 saturated heterocycles. The van der Waals surface area contributed by atoms with Gasteiger partial charge in [0.1, 0.15) is 5.75 Å². The lowest BCUT2D eigenvalue weighted by Crippen LogP contribution is -1.90. The van der Waals surface area contributed by atoms with E-state index in [9.17, 15) is 4.21 Å². The second-order valence-corrected chi connectivity index (χ2v) is 4.48. The zero-order valence-corrected chi connectivity index (χ0v) is 9.24. The predicted octanol–water partition coefficient (Wildman–Crippen LogP) is 2.20. The van der Waals surface area contributed by atoms with Crippen LogP contribution in [0.1, 0.15) is 0 Å². The van der Waals surface area contributed by atoms with E-state index in [0.717, 1.165) is 9.37 Å². The first-order chi connectivity index (χ1) is 5.65. The van der Waals surface area contributed by atoms with Gasteiger partial charge >= 0.3 is 0 Å². The summed E-state index contributed by atoms with van der Waals surface area (Å²) in [6.07, 6.45) is 1.64. The smallest absolute Gasteiger partial charge is 0.134 e. The number of hydrogen-bond donors (Lipinski definition) is 0. The maximum Gasteiger partial charge on any atom is 0.134 e. The third kappa shape index (κ3) is 2.08. The number of hydrogen-bond acceptors (Lipinski definition) is 2. The van der Waals surface area contributed by atoms with Crippen LogP contribution in [0.4, 0.5) is 0 Å². The van der Waals surface area contributed by atoms with E-state index in [1.165, 1.54) is 0 Å². The summed E-state index contributed by atoms with van der Waals surface area (Å²) in [6.45, 7) is 0. The van der Waals surface area contributed by atoms with Crippen molar-refractivity contribution in [1.82, 2.24) is 0 Å². The third-order valence-corrected chi connectivity index (χ3v) is 3.03. The molecule has 0 aliphatic heterocycles. The lowest BCUT2D eigenvalue weighted by molar-refractivity contribution is 0.411. The fourth-order valence-corrected chi connectivity index (χ4v) is 1.76. The van der Waals surface area contributed by atoms with Crippen LogP contribution in [0.2, 0.25) is 0 Å². The molecule has 1 atom stereocenters. The molecule has 1 aromatic carbocycles. The maximum atomic E-state index is 11.1. The second-order valence-electron chi connectivity index (χ2n) is 2.25. The van der Waals surface area contributed by atoms with Crippen molar-refractivity contribution in [2.75, 3.05) is 13.4 Å². The lowest BCUT2D eigenvalue weighted by atomic mass is 10.3. The first-order valence-corrected chi connectivity index (χ1v) is 5.67. The van der Waals surface area contributed by atoms with Crippen LogP contribution in [0.15, 0.2) is 27.6 Å². The van der Waals surface area contributed by atoms with Crippen LogP contribution in [0.5, 0.6) is 5.75 Å². The van der Waals surface area contributed by atoms with Crippen molar-refractivity contribution in [3.63, 3.8) is 0 Å². The van der Waals surface area contributed by atoms with Crippen molar-refractivity contribution < 1.29 is 8.95 Å². The quantitative estimate of drug-likeness (QED) is 0.803. The van der Waals surface area contributed by atoms with Crippen LogP contribution in [0, 0.1) is 0 Å². The first-order valence-electron chi connectivity index (χ1n) is 3.32. The summed E-state index contributed by atoms with van der Waals surface area (Å²) in [5.41, 5.74) is 0. The minimum atomic E-state index is -0.950. The van der Waals surface area contributed by atoms with Gasteiger partial charge in [-0.15, -0.1) is 0 Å². The van der Waals surface area contributed by atoms with Gasteiger partial charge in [-0.05, 0) is 34.1 Å². The summed E-state index contributed by atoms with van der Waals surface area (Å²) in [7, 11) is 0.636. The molecule has 66 valence electrons. The molecular formula is C8H9BrO2S. The Bertz CT molecular complexity index is 312. The molecule has 1 aromatic rings. The summed E-state index contributed by atoms with van der Waals surface area (Å²) in [5.74, 6) is 0.711. The third-order valence-electron chi connectivity index (χ3n) is 1.45. The summed E-state index contributed by atoms with van der Waals surface area (Å²) in [5, 5.41) is 0.